The van der Waals surface area contributed by atoms with E-state index >= 15 is 0 Å². The number of carbonyl (C=O) groups excluding carboxylic acids is 1. The minimum absolute atomic E-state index is 0.241. The summed E-state index contributed by atoms with van der Waals surface area (Å²) in [6.07, 6.45) is 5.54. The maximum atomic E-state index is 12.0. The van der Waals surface area contributed by atoms with Crippen LogP contribution >= 0.6 is 0 Å². The van der Waals surface area contributed by atoms with E-state index in [1.54, 1.807) is 10.9 Å². The van der Waals surface area contributed by atoms with Gasteiger partial charge in [0.15, 0.2) is 12.0 Å². The third kappa shape index (κ3) is 3.43. The van der Waals surface area contributed by atoms with E-state index < -0.39 is 0 Å². The van der Waals surface area contributed by atoms with Crippen molar-refractivity contribution in [1.82, 2.24) is 35.8 Å². The van der Waals surface area contributed by atoms with E-state index in [1.807, 2.05) is 0 Å². The second-order valence-corrected chi connectivity index (χ2v) is 4.91. The number of nitrogens with one attached hydrogen (secondary N) is 2. The summed E-state index contributed by atoms with van der Waals surface area (Å²) in [7, 11) is 0. The van der Waals surface area contributed by atoms with Crippen LogP contribution in [0.2, 0.25) is 0 Å². The summed E-state index contributed by atoms with van der Waals surface area (Å²) in [4.78, 5) is 15.8. The van der Waals surface area contributed by atoms with Gasteiger partial charge in [0.25, 0.3) is 5.91 Å². The first-order chi connectivity index (χ1) is 10.3. The molecular weight excluding hydrogens is 274 g/mol. The van der Waals surface area contributed by atoms with E-state index in [0.29, 0.717) is 30.6 Å². The standard InChI is InChI=1S/C12H17N7O2/c20-12(14-6-3-11-15-8-16-21-11)10-7-19(18-17-10)9-1-4-13-5-2-9/h7-9,13H,1-6H2,(H,14,20). The van der Waals surface area contributed by atoms with Crippen LogP contribution in [0.5, 0.6) is 0 Å². The van der Waals surface area contributed by atoms with Crippen molar-refractivity contribution in [2.24, 2.45) is 0 Å². The van der Waals surface area contributed by atoms with E-state index in [2.05, 4.69) is 31.1 Å². The molecule has 0 aromatic carbocycles. The van der Waals surface area contributed by atoms with Crippen LogP contribution in [0.1, 0.15) is 35.3 Å². The Morgan fingerprint density at radius 2 is 2.33 bits per heavy atom. The summed E-state index contributed by atoms with van der Waals surface area (Å²) >= 11 is 0. The summed E-state index contributed by atoms with van der Waals surface area (Å²) in [5.41, 5.74) is 0.332. The van der Waals surface area contributed by atoms with Gasteiger partial charge in [-0.15, -0.1) is 5.10 Å². The smallest absolute Gasteiger partial charge is 0.273 e. The average molecular weight is 291 g/mol. The van der Waals surface area contributed by atoms with E-state index in [1.165, 1.54) is 6.33 Å². The number of hydrogen-bond donors (Lipinski definition) is 2. The van der Waals surface area contributed by atoms with Crippen LogP contribution < -0.4 is 10.6 Å². The molecule has 0 atom stereocenters. The lowest BCUT2D eigenvalue weighted by Gasteiger charge is -2.22. The largest absolute Gasteiger partial charge is 0.350 e. The van der Waals surface area contributed by atoms with Gasteiger partial charge >= 0.3 is 0 Å². The molecule has 2 N–H and O–H groups in total. The Hall–Kier alpha value is -2.29. The van der Waals surface area contributed by atoms with Crippen LogP contribution in [0.25, 0.3) is 0 Å². The van der Waals surface area contributed by atoms with Gasteiger partial charge in [-0.25, -0.2) is 4.68 Å². The molecule has 2 aromatic heterocycles. The minimum Gasteiger partial charge on any atom is -0.350 e. The van der Waals surface area contributed by atoms with Crippen LogP contribution in [0.15, 0.2) is 17.0 Å². The fourth-order valence-electron chi connectivity index (χ4n) is 2.31. The molecule has 9 nitrogen and oxygen atoms in total. The highest BCUT2D eigenvalue weighted by Crippen LogP contribution is 2.16. The Balaban J connectivity index is 1.51. The molecule has 0 unspecified atom stereocenters. The molecule has 3 heterocycles. The van der Waals surface area contributed by atoms with E-state index in [9.17, 15) is 4.79 Å². The van der Waals surface area contributed by atoms with Gasteiger partial charge in [0.2, 0.25) is 5.89 Å². The Bertz CT molecular complexity index is 574. The monoisotopic (exact) mass is 291 g/mol. The van der Waals surface area contributed by atoms with Crippen molar-refractivity contribution < 1.29 is 9.32 Å². The average Bonchev–Trinajstić information content (AvgIpc) is 3.20. The predicted octanol–water partition coefficient (Wildman–Crippen LogP) is -0.442. The molecule has 1 saturated heterocycles. The lowest BCUT2D eigenvalue weighted by Crippen LogP contribution is -2.29. The van der Waals surface area contributed by atoms with Crippen molar-refractivity contribution in [2.75, 3.05) is 19.6 Å². The highest BCUT2D eigenvalue weighted by Gasteiger charge is 2.18. The Kier molecular flexibility index (Phi) is 4.20. The van der Waals surface area contributed by atoms with Crippen molar-refractivity contribution in [3.8, 4) is 0 Å². The molecule has 3 rings (SSSR count). The van der Waals surface area contributed by atoms with Crippen molar-refractivity contribution in [3.63, 3.8) is 0 Å². The maximum Gasteiger partial charge on any atom is 0.273 e. The fourth-order valence-corrected chi connectivity index (χ4v) is 2.31. The number of hydrogen-bond acceptors (Lipinski definition) is 7. The summed E-state index contributed by atoms with van der Waals surface area (Å²) in [5.74, 6) is 0.253. The van der Waals surface area contributed by atoms with Gasteiger partial charge in [0.05, 0.1) is 12.2 Å². The third-order valence-corrected chi connectivity index (χ3v) is 3.46. The molecular formula is C12H17N7O2. The highest BCUT2D eigenvalue weighted by molar-refractivity contribution is 5.91. The van der Waals surface area contributed by atoms with E-state index in [0.717, 1.165) is 25.9 Å². The van der Waals surface area contributed by atoms with Gasteiger partial charge in [-0.3, -0.25) is 4.79 Å². The molecule has 112 valence electrons. The molecule has 21 heavy (non-hydrogen) atoms. The van der Waals surface area contributed by atoms with Crippen molar-refractivity contribution in [2.45, 2.75) is 25.3 Å². The lowest BCUT2D eigenvalue weighted by atomic mass is 10.1. The first-order valence-electron chi connectivity index (χ1n) is 6.99. The molecule has 0 aliphatic carbocycles. The Labute approximate surface area is 121 Å². The summed E-state index contributed by atoms with van der Waals surface area (Å²) in [6.45, 7) is 2.35. The first kappa shape index (κ1) is 13.7. The zero-order chi connectivity index (χ0) is 14.5. The van der Waals surface area contributed by atoms with Gasteiger partial charge in [-0.05, 0) is 25.9 Å². The van der Waals surface area contributed by atoms with E-state index in [-0.39, 0.29) is 5.91 Å². The van der Waals surface area contributed by atoms with Gasteiger partial charge in [-0.1, -0.05) is 10.4 Å². The second kappa shape index (κ2) is 6.44. The van der Waals surface area contributed by atoms with Crippen molar-refractivity contribution in [1.29, 1.82) is 0 Å². The maximum absolute atomic E-state index is 12.0. The Morgan fingerprint density at radius 1 is 1.48 bits per heavy atom. The van der Waals surface area contributed by atoms with Gasteiger partial charge in [0.1, 0.15) is 0 Å². The predicted molar refractivity (Wildman–Crippen MR) is 71.5 cm³/mol. The van der Waals surface area contributed by atoms with E-state index in [4.69, 9.17) is 4.52 Å². The molecule has 1 aliphatic heterocycles. The van der Waals surface area contributed by atoms with Crippen LogP contribution in [-0.2, 0) is 6.42 Å². The first-order valence-corrected chi connectivity index (χ1v) is 6.99. The molecule has 0 radical (unpaired) electrons. The van der Waals surface area contributed by atoms with Crippen LogP contribution in [0.3, 0.4) is 0 Å². The minimum atomic E-state index is -0.241. The topological polar surface area (TPSA) is 111 Å². The zero-order valence-electron chi connectivity index (χ0n) is 11.5. The molecule has 1 fully saturated rings. The normalized spacial score (nSPS) is 16.0. The highest BCUT2D eigenvalue weighted by atomic mass is 16.5. The number of rotatable bonds is 5. The molecule has 0 bridgehead atoms. The van der Waals surface area contributed by atoms with Crippen LogP contribution in [0.4, 0.5) is 0 Å². The fraction of sp³-hybridized carbons (Fsp3) is 0.583. The molecule has 0 spiro atoms. The Morgan fingerprint density at radius 3 is 3.10 bits per heavy atom. The lowest BCUT2D eigenvalue weighted by molar-refractivity contribution is 0.0948. The molecule has 1 amide bonds. The molecule has 2 aromatic rings. The number of piperidine rings is 1. The van der Waals surface area contributed by atoms with Gasteiger partial charge in [0, 0.05) is 13.0 Å². The molecule has 0 saturated carbocycles. The summed E-state index contributed by atoms with van der Waals surface area (Å²) in [5, 5.41) is 17.5. The van der Waals surface area contributed by atoms with Crippen LogP contribution in [0, 0.1) is 0 Å². The van der Waals surface area contributed by atoms with Crippen LogP contribution in [-0.4, -0.2) is 50.7 Å². The number of nitrogens with zero attached hydrogens (tertiary/aromatic N) is 5. The summed E-state index contributed by atoms with van der Waals surface area (Å²) < 4.78 is 6.64. The van der Waals surface area contributed by atoms with Gasteiger partial charge in [-0.2, -0.15) is 4.98 Å². The molecule has 1 aliphatic rings. The quantitative estimate of drug-likeness (QED) is 0.768. The molecule has 9 heteroatoms. The SMILES string of the molecule is O=C(NCCc1ncno1)c1cn(C2CCNCC2)nn1. The van der Waals surface area contributed by atoms with Crippen molar-refractivity contribution in [3.05, 3.63) is 24.1 Å². The van der Waals surface area contributed by atoms with Crippen molar-refractivity contribution >= 4 is 5.91 Å². The second-order valence-electron chi connectivity index (χ2n) is 4.91. The number of aromatic nitrogens is 5. The number of carbonyl (C=O) groups is 1. The van der Waals surface area contributed by atoms with Gasteiger partial charge < -0.3 is 15.2 Å². The third-order valence-electron chi connectivity index (χ3n) is 3.46. The number of amides is 1. The summed E-state index contributed by atoms with van der Waals surface area (Å²) in [6, 6.07) is 0.318. The zero-order valence-corrected chi connectivity index (χ0v) is 11.5.